The first-order valence-corrected chi connectivity index (χ1v) is 13.3. The third kappa shape index (κ3) is 6.18. The van der Waals surface area contributed by atoms with Gasteiger partial charge in [-0.25, -0.2) is 0 Å². The van der Waals surface area contributed by atoms with Gasteiger partial charge in [0.15, 0.2) is 5.76 Å². The van der Waals surface area contributed by atoms with E-state index < -0.39 is 0 Å². The number of halogens is 3. The minimum absolute atomic E-state index is 0.114. The van der Waals surface area contributed by atoms with Crippen LogP contribution >= 0.6 is 34.8 Å². The highest BCUT2D eigenvalue weighted by Gasteiger charge is 2.25. The summed E-state index contributed by atoms with van der Waals surface area (Å²) in [7, 11) is 0. The number of amides is 1. The van der Waals surface area contributed by atoms with Crippen molar-refractivity contribution in [2.24, 2.45) is 0 Å². The molecular weight excluding hydrogens is 521 g/mol. The number of piperidine rings is 1. The third-order valence-corrected chi connectivity index (χ3v) is 7.34. The van der Waals surface area contributed by atoms with Crippen molar-refractivity contribution < 1.29 is 13.9 Å². The molecule has 5 rings (SSSR count). The van der Waals surface area contributed by atoms with Gasteiger partial charge in [-0.15, -0.1) is 0 Å². The van der Waals surface area contributed by atoms with Crippen molar-refractivity contribution in [2.75, 3.05) is 39.3 Å². The average Bonchev–Trinajstić information content (AvgIpc) is 3.36. The van der Waals surface area contributed by atoms with E-state index in [1.165, 1.54) is 0 Å². The van der Waals surface area contributed by atoms with E-state index in [4.69, 9.17) is 44.0 Å². The summed E-state index contributed by atoms with van der Waals surface area (Å²) in [4.78, 5) is 17.2. The Morgan fingerprint density at radius 2 is 1.67 bits per heavy atom. The van der Waals surface area contributed by atoms with Gasteiger partial charge in [0.05, 0.1) is 5.02 Å². The van der Waals surface area contributed by atoms with Crippen LogP contribution in [-0.4, -0.2) is 61.1 Å². The number of nitrogens with zero attached hydrogens (tertiary/aromatic N) is 2. The van der Waals surface area contributed by atoms with Crippen molar-refractivity contribution in [1.29, 1.82) is 0 Å². The van der Waals surface area contributed by atoms with E-state index in [1.807, 2.05) is 17.0 Å². The lowest BCUT2D eigenvalue weighted by Crippen LogP contribution is -2.48. The van der Waals surface area contributed by atoms with Crippen molar-refractivity contribution in [3.05, 3.63) is 74.9 Å². The van der Waals surface area contributed by atoms with E-state index in [0.29, 0.717) is 39.7 Å². The molecule has 0 saturated carbocycles. The molecule has 2 aromatic carbocycles. The standard InChI is InChI=1S/C27H28Cl3N3O3/c28-20-14-19(15-21(29)16-20)24-3-4-26(36-24)27(34)33-11-9-32(10-12-33)17-18-1-2-25(23(30)13-18)35-22-5-7-31-8-6-22/h1-4,13-16,22,31H,5-12,17H2. The van der Waals surface area contributed by atoms with E-state index in [0.717, 1.165) is 62.4 Å². The Morgan fingerprint density at radius 1 is 0.944 bits per heavy atom. The molecule has 0 aliphatic carbocycles. The molecule has 3 heterocycles. The fourth-order valence-corrected chi connectivity index (χ4v) is 5.43. The number of nitrogens with one attached hydrogen (secondary N) is 1. The first kappa shape index (κ1) is 25.4. The van der Waals surface area contributed by atoms with Crippen LogP contribution in [0.25, 0.3) is 11.3 Å². The van der Waals surface area contributed by atoms with Crippen molar-refractivity contribution in [1.82, 2.24) is 15.1 Å². The van der Waals surface area contributed by atoms with Crippen LogP contribution in [0.1, 0.15) is 29.0 Å². The van der Waals surface area contributed by atoms with E-state index >= 15 is 0 Å². The van der Waals surface area contributed by atoms with E-state index in [9.17, 15) is 4.79 Å². The monoisotopic (exact) mass is 547 g/mol. The molecule has 1 N–H and O–H groups in total. The summed E-state index contributed by atoms with van der Waals surface area (Å²) in [6, 6.07) is 14.7. The van der Waals surface area contributed by atoms with Gasteiger partial charge in [-0.1, -0.05) is 40.9 Å². The summed E-state index contributed by atoms with van der Waals surface area (Å²) in [6.45, 7) is 5.53. The first-order valence-electron chi connectivity index (χ1n) is 12.2. The van der Waals surface area contributed by atoms with Crippen molar-refractivity contribution in [3.8, 4) is 17.1 Å². The van der Waals surface area contributed by atoms with Crippen LogP contribution in [0, 0.1) is 0 Å². The zero-order valence-corrected chi connectivity index (χ0v) is 22.1. The molecule has 2 aliphatic heterocycles. The summed E-state index contributed by atoms with van der Waals surface area (Å²) in [6.07, 6.45) is 2.21. The van der Waals surface area contributed by atoms with Crippen molar-refractivity contribution >= 4 is 40.7 Å². The fourth-order valence-electron chi connectivity index (χ4n) is 4.66. The van der Waals surface area contributed by atoms with Gasteiger partial charge in [-0.2, -0.15) is 0 Å². The summed E-state index contributed by atoms with van der Waals surface area (Å²) in [5.41, 5.74) is 1.87. The van der Waals surface area contributed by atoms with E-state index in [2.05, 4.69) is 16.3 Å². The van der Waals surface area contributed by atoms with Crippen LogP contribution in [0.5, 0.6) is 5.75 Å². The number of carbonyl (C=O) groups excluding carboxylic acids is 1. The molecule has 2 aliphatic rings. The molecule has 6 nitrogen and oxygen atoms in total. The van der Waals surface area contributed by atoms with Gasteiger partial charge in [-0.3, -0.25) is 9.69 Å². The molecule has 0 unspecified atom stereocenters. The fraction of sp³-hybridized carbons (Fsp3) is 0.370. The molecule has 2 saturated heterocycles. The number of rotatable bonds is 6. The van der Waals surface area contributed by atoms with Gasteiger partial charge in [0.1, 0.15) is 17.6 Å². The highest BCUT2D eigenvalue weighted by molar-refractivity contribution is 6.35. The van der Waals surface area contributed by atoms with Gasteiger partial charge in [0.25, 0.3) is 5.91 Å². The quantitative estimate of drug-likeness (QED) is 0.410. The largest absolute Gasteiger partial charge is 0.489 e. The van der Waals surface area contributed by atoms with E-state index in [1.54, 1.807) is 30.3 Å². The second kappa shape index (κ2) is 11.4. The lowest BCUT2D eigenvalue weighted by molar-refractivity contribution is 0.0598. The topological polar surface area (TPSA) is 58.0 Å². The zero-order valence-electron chi connectivity index (χ0n) is 19.8. The predicted octanol–water partition coefficient (Wildman–Crippen LogP) is 6.00. The Labute approximate surface area is 226 Å². The highest BCUT2D eigenvalue weighted by Crippen LogP contribution is 2.30. The van der Waals surface area contributed by atoms with Crippen LogP contribution < -0.4 is 10.1 Å². The lowest BCUT2D eigenvalue weighted by atomic mass is 10.1. The van der Waals surface area contributed by atoms with Gasteiger partial charge in [0, 0.05) is 48.3 Å². The number of hydrogen-bond donors (Lipinski definition) is 1. The van der Waals surface area contributed by atoms with Crippen LogP contribution in [0.3, 0.4) is 0 Å². The smallest absolute Gasteiger partial charge is 0.289 e. The van der Waals surface area contributed by atoms with Crippen molar-refractivity contribution in [2.45, 2.75) is 25.5 Å². The van der Waals surface area contributed by atoms with Gasteiger partial charge >= 0.3 is 0 Å². The van der Waals surface area contributed by atoms with Gasteiger partial charge in [0.2, 0.25) is 0 Å². The Morgan fingerprint density at radius 3 is 2.36 bits per heavy atom. The molecule has 1 aromatic heterocycles. The lowest BCUT2D eigenvalue weighted by Gasteiger charge is -2.34. The van der Waals surface area contributed by atoms with Crippen LogP contribution in [0.2, 0.25) is 15.1 Å². The minimum atomic E-state index is -0.114. The number of ether oxygens (including phenoxy) is 1. The molecule has 36 heavy (non-hydrogen) atoms. The molecule has 0 bridgehead atoms. The summed E-state index contributed by atoms with van der Waals surface area (Å²) in [5.74, 6) is 1.51. The molecule has 9 heteroatoms. The molecule has 0 spiro atoms. The normalized spacial score (nSPS) is 17.4. The second-order valence-corrected chi connectivity index (χ2v) is 10.5. The Hall–Kier alpha value is -2.22. The molecule has 3 aromatic rings. The first-order chi connectivity index (χ1) is 17.4. The number of piperazine rings is 1. The predicted molar refractivity (Wildman–Crippen MR) is 143 cm³/mol. The van der Waals surface area contributed by atoms with Gasteiger partial charge in [-0.05, 0) is 74.0 Å². The maximum atomic E-state index is 13.0. The zero-order chi connectivity index (χ0) is 25.1. The maximum absolute atomic E-state index is 13.0. The Balaban J connectivity index is 1.14. The molecule has 2 fully saturated rings. The summed E-state index contributed by atoms with van der Waals surface area (Å²) >= 11 is 18.7. The molecule has 190 valence electrons. The number of hydrogen-bond acceptors (Lipinski definition) is 5. The molecular formula is C27H28Cl3N3O3. The number of benzene rings is 2. The Bertz CT molecular complexity index is 1200. The molecule has 0 radical (unpaired) electrons. The highest BCUT2D eigenvalue weighted by atomic mass is 35.5. The average molecular weight is 549 g/mol. The SMILES string of the molecule is O=C(c1ccc(-c2cc(Cl)cc(Cl)c2)o1)N1CCN(Cc2ccc(OC3CCNCC3)c(Cl)c2)CC1. The summed E-state index contributed by atoms with van der Waals surface area (Å²) in [5, 5.41) is 5.02. The third-order valence-electron chi connectivity index (χ3n) is 6.61. The number of furan rings is 1. The summed E-state index contributed by atoms with van der Waals surface area (Å²) < 4.78 is 11.9. The van der Waals surface area contributed by atoms with E-state index in [-0.39, 0.29) is 12.0 Å². The minimum Gasteiger partial charge on any atom is -0.489 e. The second-order valence-electron chi connectivity index (χ2n) is 9.22. The molecule has 1 amide bonds. The Kier molecular flexibility index (Phi) is 8.09. The van der Waals surface area contributed by atoms with Gasteiger partial charge < -0.3 is 19.4 Å². The van der Waals surface area contributed by atoms with Crippen LogP contribution in [-0.2, 0) is 6.54 Å². The van der Waals surface area contributed by atoms with Crippen LogP contribution in [0.15, 0.2) is 52.9 Å². The number of carbonyl (C=O) groups is 1. The van der Waals surface area contributed by atoms with Crippen molar-refractivity contribution in [3.63, 3.8) is 0 Å². The molecule has 0 atom stereocenters. The van der Waals surface area contributed by atoms with Crippen LogP contribution in [0.4, 0.5) is 0 Å². The maximum Gasteiger partial charge on any atom is 0.289 e.